The summed E-state index contributed by atoms with van der Waals surface area (Å²) in [6, 6.07) is 26.4. The molecular weight excluding hydrogens is 286 g/mol. The summed E-state index contributed by atoms with van der Waals surface area (Å²) in [5, 5.41) is 16.1. The summed E-state index contributed by atoms with van der Waals surface area (Å²) in [7, 11) is 0. The number of phenols is 1. The van der Waals surface area contributed by atoms with Crippen molar-refractivity contribution in [1.29, 1.82) is 0 Å². The Morgan fingerprint density at radius 1 is 0.696 bits per heavy atom. The first kappa shape index (κ1) is 14.7. The van der Waals surface area contributed by atoms with Gasteiger partial charge in [-0.1, -0.05) is 42.5 Å². The van der Waals surface area contributed by atoms with E-state index in [1.807, 2.05) is 66.7 Å². The maximum atomic E-state index is 9.61. The standard InChI is InChI=1S/C19H17N3O/c23-18-13-7-12-17(14-18)22-19(20-15-8-3-1-4-9-15)21-16-10-5-2-6-11-16/h1-14,23H,(H2,20,21,22). The summed E-state index contributed by atoms with van der Waals surface area (Å²) < 4.78 is 0. The van der Waals surface area contributed by atoms with Gasteiger partial charge >= 0.3 is 0 Å². The van der Waals surface area contributed by atoms with Gasteiger partial charge in [-0.15, -0.1) is 0 Å². The Morgan fingerprint density at radius 2 is 1.30 bits per heavy atom. The van der Waals surface area contributed by atoms with Gasteiger partial charge in [0.1, 0.15) is 5.75 Å². The predicted octanol–water partition coefficient (Wildman–Crippen LogP) is 4.60. The van der Waals surface area contributed by atoms with Crippen molar-refractivity contribution in [2.45, 2.75) is 0 Å². The van der Waals surface area contributed by atoms with Crippen LogP contribution in [0.15, 0.2) is 89.9 Å². The highest BCUT2D eigenvalue weighted by Crippen LogP contribution is 2.17. The largest absolute Gasteiger partial charge is 0.508 e. The molecule has 3 rings (SSSR count). The number of nitrogens with one attached hydrogen (secondary N) is 2. The first-order valence-corrected chi connectivity index (χ1v) is 7.31. The van der Waals surface area contributed by atoms with Gasteiger partial charge in [-0.2, -0.15) is 0 Å². The van der Waals surface area contributed by atoms with Crippen molar-refractivity contribution >= 4 is 23.0 Å². The summed E-state index contributed by atoms with van der Waals surface area (Å²) in [5.41, 5.74) is 2.51. The maximum absolute atomic E-state index is 9.61. The smallest absolute Gasteiger partial charge is 0.205 e. The zero-order chi connectivity index (χ0) is 15.9. The van der Waals surface area contributed by atoms with Gasteiger partial charge < -0.3 is 15.7 Å². The molecule has 0 aliphatic rings. The Balaban J connectivity index is 1.88. The average molecular weight is 303 g/mol. The number of aliphatic imine (C=N–C) groups is 1. The minimum Gasteiger partial charge on any atom is -0.508 e. The lowest BCUT2D eigenvalue weighted by Crippen LogP contribution is -2.21. The lowest BCUT2D eigenvalue weighted by molar-refractivity contribution is 0.475. The van der Waals surface area contributed by atoms with E-state index >= 15 is 0 Å². The molecule has 0 bridgehead atoms. The van der Waals surface area contributed by atoms with Gasteiger partial charge in [-0.3, -0.25) is 0 Å². The van der Waals surface area contributed by atoms with Crippen LogP contribution in [0.3, 0.4) is 0 Å². The topological polar surface area (TPSA) is 56.6 Å². The van der Waals surface area contributed by atoms with Crippen LogP contribution < -0.4 is 10.6 Å². The molecule has 4 nitrogen and oxygen atoms in total. The molecule has 0 radical (unpaired) electrons. The Bertz CT molecular complexity index is 786. The van der Waals surface area contributed by atoms with Gasteiger partial charge in [0, 0.05) is 17.4 Å². The molecule has 0 heterocycles. The van der Waals surface area contributed by atoms with Crippen LogP contribution in [0.5, 0.6) is 5.75 Å². The molecule has 0 aliphatic carbocycles. The Morgan fingerprint density at radius 3 is 2.00 bits per heavy atom. The molecule has 3 N–H and O–H groups in total. The van der Waals surface area contributed by atoms with Gasteiger partial charge in [0.2, 0.25) is 5.96 Å². The molecule has 3 aromatic rings. The summed E-state index contributed by atoms with van der Waals surface area (Å²) in [5.74, 6) is 0.779. The fourth-order valence-electron chi connectivity index (χ4n) is 2.10. The molecule has 0 saturated carbocycles. The van der Waals surface area contributed by atoms with Crippen LogP contribution in [0, 0.1) is 0 Å². The van der Waals surface area contributed by atoms with Crippen LogP contribution in [0.4, 0.5) is 17.1 Å². The van der Waals surface area contributed by atoms with E-state index in [0.717, 1.165) is 17.1 Å². The number of aromatic hydroxyl groups is 1. The molecule has 0 aromatic heterocycles. The Hall–Kier alpha value is -3.27. The summed E-state index contributed by atoms with van der Waals surface area (Å²) in [6.45, 7) is 0. The van der Waals surface area contributed by atoms with Gasteiger partial charge in [0.05, 0.1) is 5.69 Å². The molecule has 0 unspecified atom stereocenters. The van der Waals surface area contributed by atoms with E-state index in [0.29, 0.717) is 5.96 Å². The minimum atomic E-state index is 0.203. The molecular formula is C19H17N3O. The second-order valence-corrected chi connectivity index (χ2v) is 4.96. The van der Waals surface area contributed by atoms with Crippen LogP contribution >= 0.6 is 0 Å². The van der Waals surface area contributed by atoms with Crippen LogP contribution in [-0.2, 0) is 0 Å². The van der Waals surface area contributed by atoms with Gasteiger partial charge in [-0.05, 0) is 36.4 Å². The van der Waals surface area contributed by atoms with Crippen LogP contribution in [0.1, 0.15) is 0 Å². The van der Waals surface area contributed by atoms with Crippen molar-refractivity contribution in [1.82, 2.24) is 0 Å². The summed E-state index contributed by atoms with van der Waals surface area (Å²) in [4.78, 5) is 4.59. The first-order chi connectivity index (χ1) is 11.3. The third-order valence-corrected chi connectivity index (χ3v) is 3.14. The van der Waals surface area contributed by atoms with E-state index in [1.54, 1.807) is 18.2 Å². The number of hydrogen-bond acceptors (Lipinski definition) is 2. The zero-order valence-electron chi connectivity index (χ0n) is 12.5. The second-order valence-electron chi connectivity index (χ2n) is 4.96. The van der Waals surface area contributed by atoms with Gasteiger partial charge in [0.25, 0.3) is 0 Å². The van der Waals surface area contributed by atoms with E-state index < -0.39 is 0 Å². The third-order valence-electron chi connectivity index (χ3n) is 3.14. The van der Waals surface area contributed by atoms with Crippen molar-refractivity contribution in [2.24, 2.45) is 4.99 Å². The third kappa shape index (κ3) is 4.35. The quantitative estimate of drug-likeness (QED) is 0.489. The second kappa shape index (κ2) is 7.13. The minimum absolute atomic E-state index is 0.203. The molecule has 0 saturated heterocycles. The number of phenolic OH excluding ortho intramolecular Hbond substituents is 1. The first-order valence-electron chi connectivity index (χ1n) is 7.31. The lowest BCUT2D eigenvalue weighted by atomic mass is 10.3. The van der Waals surface area contributed by atoms with Crippen LogP contribution in [0.25, 0.3) is 0 Å². The molecule has 114 valence electrons. The predicted molar refractivity (Wildman–Crippen MR) is 95.3 cm³/mol. The summed E-state index contributed by atoms with van der Waals surface area (Å²) in [6.07, 6.45) is 0. The number of guanidine groups is 1. The molecule has 4 heteroatoms. The molecule has 0 aliphatic heterocycles. The number of hydrogen-bond donors (Lipinski definition) is 3. The van der Waals surface area contributed by atoms with Crippen LogP contribution in [-0.4, -0.2) is 11.1 Å². The monoisotopic (exact) mass is 303 g/mol. The van der Waals surface area contributed by atoms with E-state index in [9.17, 15) is 5.11 Å². The highest BCUT2D eigenvalue weighted by Gasteiger charge is 2.03. The van der Waals surface area contributed by atoms with E-state index in [2.05, 4.69) is 15.6 Å². The molecule has 0 fully saturated rings. The van der Waals surface area contributed by atoms with Crippen LogP contribution in [0.2, 0.25) is 0 Å². The number of anilines is 2. The Kier molecular flexibility index (Phi) is 4.55. The average Bonchev–Trinajstić information content (AvgIpc) is 2.57. The fraction of sp³-hybridized carbons (Fsp3) is 0. The Labute approximate surface area is 135 Å². The number of para-hydroxylation sites is 2. The van der Waals surface area contributed by atoms with E-state index in [-0.39, 0.29) is 5.75 Å². The highest BCUT2D eigenvalue weighted by atomic mass is 16.3. The SMILES string of the molecule is Oc1cccc(NC(=Nc2ccccc2)Nc2ccccc2)c1. The van der Waals surface area contributed by atoms with Gasteiger partial charge in [-0.25, -0.2) is 4.99 Å². The molecule has 0 spiro atoms. The molecule has 3 aromatic carbocycles. The van der Waals surface area contributed by atoms with Crippen molar-refractivity contribution in [3.05, 3.63) is 84.9 Å². The number of nitrogens with zero attached hydrogens (tertiary/aromatic N) is 1. The molecule has 23 heavy (non-hydrogen) atoms. The van der Waals surface area contributed by atoms with E-state index in [4.69, 9.17) is 0 Å². The lowest BCUT2D eigenvalue weighted by Gasteiger charge is -2.13. The molecule has 0 atom stereocenters. The van der Waals surface area contributed by atoms with Crippen molar-refractivity contribution in [3.8, 4) is 5.75 Å². The maximum Gasteiger partial charge on any atom is 0.205 e. The zero-order valence-corrected chi connectivity index (χ0v) is 12.5. The number of benzene rings is 3. The number of rotatable bonds is 3. The van der Waals surface area contributed by atoms with E-state index in [1.165, 1.54) is 0 Å². The fourth-order valence-corrected chi connectivity index (χ4v) is 2.10. The van der Waals surface area contributed by atoms with Crippen molar-refractivity contribution < 1.29 is 5.11 Å². The highest BCUT2D eigenvalue weighted by molar-refractivity contribution is 6.04. The summed E-state index contributed by atoms with van der Waals surface area (Å²) >= 11 is 0. The van der Waals surface area contributed by atoms with Crippen molar-refractivity contribution in [2.75, 3.05) is 10.6 Å². The molecule has 0 amide bonds. The van der Waals surface area contributed by atoms with Gasteiger partial charge in [0.15, 0.2) is 0 Å². The van der Waals surface area contributed by atoms with Crippen molar-refractivity contribution in [3.63, 3.8) is 0 Å². The normalized spacial score (nSPS) is 11.0.